The van der Waals surface area contributed by atoms with Gasteiger partial charge in [-0.3, -0.25) is 14.9 Å². The average Bonchev–Trinajstić information content (AvgIpc) is 3.19. The summed E-state index contributed by atoms with van der Waals surface area (Å²) >= 11 is 3.26. The van der Waals surface area contributed by atoms with Crippen molar-refractivity contribution in [3.05, 3.63) is 74.7 Å². The molecule has 162 valence electrons. The average molecular weight is 498 g/mol. The maximum atomic E-state index is 12.6. The van der Waals surface area contributed by atoms with Crippen LogP contribution in [0.1, 0.15) is 17.3 Å². The quantitative estimate of drug-likeness (QED) is 0.265. The number of anilines is 1. The predicted molar refractivity (Wildman–Crippen MR) is 121 cm³/mol. The van der Waals surface area contributed by atoms with Crippen LogP contribution in [-0.2, 0) is 0 Å². The van der Waals surface area contributed by atoms with Crippen LogP contribution in [0.25, 0.3) is 22.6 Å². The summed E-state index contributed by atoms with van der Waals surface area (Å²) in [5, 5.41) is 23.7. The SMILES string of the molecule is CCOc1ccc(C(=O)Nc2ccc3oc(-c4ccc(O)c(Br)c4)nc3c2)cc1[N+](=O)[O-]. The molecule has 32 heavy (non-hydrogen) atoms. The molecule has 0 saturated carbocycles. The van der Waals surface area contributed by atoms with Gasteiger partial charge in [0, 0.05) is 22.9 Å². The van der Waals surface area contributed by atoms with Gasteiger partial charge in [0.1, 0.15) is 11.3 Å². The molecule has 3 aromatic carbocycles. The number of hydrogen-bond acceptors (Lipinski definition) is 7. The number of nitrogens with one attached hydrogen (secondary N) is 1. The number of oxazole rings is 1. The molecule has 0 fully saturated rings. The fourth-order valence-corrected chi connectivity index (χ4v) is 3.43. The van der Waals surface area contributed by atoms with Gasteiger partial charge < -0.3 is 19.6 Å². The minimum Gasteiger partial charge on any atom is -0.507 e. The van der Waals surface area contributed by atoms with Crippen LogP contribution in [0.3, 0.4) is 0 Å². The molecule has 0 saturated heterocycles. The van der Waals surface area contributed by atoms with Gasteiger partial charge >= 0.3 is 5.69 Å². The van der Waals surface area contributed by atoms with Gasteiger partial charge in [-0.1, -0.05) is 0 Å². The molecule has 1 aromatic heterocycles. The van der Waals surface area contributed by atoms with E-state index in [9.17, 15) is 20.0 Å². The first-order chi connectivity index (χ1) is 15.4. The first kappa shape index (κ1) is 21.3. The Kier molecular flexibility index (Phi) is 5.78. The zero-order valence-electron chi connectivity index (χ0n) is 16.7. The van der Waals surface area contributed by atoms with Crippen LogP contribution in [0, 0.1) is 10.1 Å². The largest absolute Gasteiger partial charge is 0.507 e. The van der Waals surface area contributed by atoms with E-state index in [1.165, 1.54) is 24.3 Å². The van der Waals surface area contributed by atoms with Gasteiger partial charge in [-0.05, 0) is 71.4 Å². The second-order valence-corrected chi connectivity index (χ2v) is 7.55. The third-order valence-corrected chi connectivity index (χ3v) is 5.19. The van der Waals surface area contributed by atoms with Gasteiger partial charge in [-0.15, -0.1) is 0 Å². The fraction of sp³-hybridized carbons (Fsp3) is 0.0909. The molecule has 1 heterocycles. The number of carbonyl (C=O) groups excluding carboxylic acids is 1. The molecule has 0 aliphatic carbocycles. The number of aromatic hydroxyl groups is 1. The van der Waals surface area contributed by atoms with Gasteiger partial charge in [-0.25, -0.2) is 4.98 Å². The number of halogens is 1. The number of amides is 1. The number of phenolic OH excluding ortho intramolecular Hbond substituents is 1. The Labute approximate surface area is 189 Å². The zero-order chi connectivity index (χ0) is 22.8. The lowest BCUT2D eigenvalue weighted by Gasteiger charge is -2.07. The molecule has 4 rings (SSSR count). The number of ether oxygens (including phenoxy) is 1. The van der Waals surface area contributed by atoms with Crippen molar-refractivity contribution in [1.29, 1.82) is 0 Å². The number of aromatic nitrogens is 1. The van der Waals surface area contributed by atoms with E-state index in [0.717, 1.165) is 0 Å². The van der Waals surface area contributed by atoms with E-state index in [0.29, 0.717) is 32.7 Å². The summed E-state index contributed by atoms with van der Waals surface area (Å²) in [6, 6.07) is 13.9. The molecule has 0 aliphatic heterocycles. The lowest BCUT2D eigenvalue weighted by molar-refractivity contribution is -0.385. The molecular formula is C22H16BrN3O6. The molecule has 10 heteroatoms. The van der Waals surface area contributed by atoms with Crippen molar-refractivity contribution in [1.82, 2.24) is 4.98 Å². The minimum atomic E-state index is -0.591. The van der Waals surface area contributed by atoms with E-state index in [4.69, 9.17) is 9.15 Å². The van der Waals surface area contributed by atoms with Crippen molar-refractivity contribution in [2.24, 2.45) is 0 Å². The Bertz CT molecular complexity index is 1350. The predicted octanol–water partition coefficient (Wildman–Crippen LogP) is 5.52. The van der Waals surface area contributed by atoms with Crippen molar-refractivity contribution in [2.45, 2.75) is 6.92 Å². The summed E-state index contributed by atoms with van der Waals surface area (Å²) in [7, 11) is 0. The molecule has 0 aliphatic rings. The lowest BCUT2D eigenvalue weighted by Crippen LogP contribution is -2.12. The molecule has 1 amide bonds. The highest BCUT2D eigenvalue weighted by molar-refractivity contribution is 9.10. The van der Waals surface area contributed by atoms with Gasteiger partial charge in [0.15, 0.2) is 11.3 Å². The third-order valence-electron chi connectivity index (χ3n) is 4.56. The summed E-state index contributed by atoms with van der Waals surface area (Å²) in [5.74, 6) is 0.0452. The second-order valence-electron chi connectivity index (χ2n) is 6.69. The van der Waals surface area contributed by atoms with Crippen LogP contribution < -0.4 is 10.1 Å². The summed E-state index contributed by atoms with van der Waals surface area (Å²) in [6.07, 6.45) is 0. The minimum absolute atomic E-state index is 0.101. The fourth-order valence-electron chi connectivity index (χ4n) is 3.05. The number of hydrogen-bond donors (Lipinski definition) is 2. The highest BCUT2D eigenvalue weighted by atomic mass is 79.9. The molecule has 0 bridgehead atoms. The Morgan fingerprint density at radius 1 is 1.22 bits per heavy atom. The van der Waals surface area contributed by atoms with E-state index < -0.39 is 10.8 Å². The van der Waals surface area contributed by atoms with Crippen LogP contribution in [0.2, 0.25) is 0 Å². The van der Waals surface area contributed by atoms with Gasteiger partial charge in [-0.2, -0.15) is 0 Å². The normalized spacial score (nSPS) is 10.8. The van der Waals surface area contributed by atoms with E-state index in [-0.39, 0.29) is 29.4 Å². The molecule has 9 nitrogen and oxygen atoms in total. The van der Waals surface area contributed by atoms with Crippen LogP contribution in [-0.4, -0.2) is 27.5 Å². The number of rotatable bonds is 6. The van der Waals surface area contributed by atoms with Gasteiger partial charge in [0.05, 0.1) is 16.0 Å². The zero-order valence-corrected chi connectivity index (χ0v) is 18.3. The number of nitrogens with zero attached hydrogens (tertiary/aromatic N) is 2. The Morgan fingerprint density at radius 3 is 2.75 bits per heavy atom. The molecule has 0 unspecified atom stereocenters. The Balaban J connectivity index is 1.59. The van der Waals surface area contributed by atoms with Crippen molar-refractivity contribution >= 4 is 44.3 Å². The van der Waals surface area contributed by atoms with Crippen LogP contribution in [0.4, 0.5) is 11.4 Å². The summed E-state index contributed by atoms with van der Waals surface area (Å²) in [6.45, 7) is 1.99. The summed E-state index contributed by atoms with van der Waals surface area (Å²) < 4.78 is 11.5. The van der Waals surface area contributed by atoms with Gasteiger partial charge in [0.2, 0.25) is 5.89 Å². The van der Waals surface area contributed by atoms with E-state index in [1.807, 2.05) is 0 Å². The monoisotopic (exact) mass is 497 g/mol. The number of nitro groups is 1. The highest BCUT2D eigenvalue weighted by Crippen LogP contribution is 2.32. The Hall–Kier alpha value is -3.92. The first-order valence-electron chi connectivity index (χ1n) is 9.47. The van der Waals surface area contributed by atoms with Crippen LogP contribution in [0.15, 0.2) is 63.5 Å². The molecule has 4 aromatic rings. The number of fused-ring (bicyclic) bond motifs is 1. The number of phenols is 1. The second kappa shape index (κ2) is 8.67. The van der Waals surface area contributed by atoms with Crippen molar-refractivity contribution in [2.75, 3.05) is 11.9 Å². The summed E-state index contributed by atoms with van der Waals surface area (Å²) in [4.78, 5) is 27.8. The number of carbonyl (C=O) groups is 1. The van der Waals surface area contributed by atoms with E-state index >= 15 is 0 Å². The van der Waals surface area contributed by atoms with E-state index in [2.05, 4.69) is 26.2 Å². The standard InChI is InChI=1S/C22H16BrN3O6/c1-2-31-20-7-4-12(10-17(20)26(29)30)21(28)24-14-5-8-19-16(11-14)25-22(32-19)13-3-6-18(27)15(23)9-13/h3-11,27H,2H2,1H3,(H,24,28). The molecule has 2 N–H and O–H groups in total. The number of benzene rings is 3. The van der Waals surface area contributed by atoms with Crippen LogP contribution >= 0.6 is 15.9 Å². The maximum Gasteiger partial charge on any atom is 0.311 e. The van der Waals surface area contributed by atoms with Crippen molar-refractivity contribution < 1.29 is 24.0 Å². The molecule has 0 spiro atoms. The van der Waals surface area contributed by atoms with Crippen LogP contribution in [0.5, 0.6) is 11.5 Å². The topological polar surface area (TPSA) is 128 Å². The molecule has 0 radical (unpaired) electrons. The Morgan fingerprint density at radius 2 is 2.03 bits per heavy atom. The maximum absolute atomic E-state index is 12.6. The van der Waals surface area contributed by atoms with E-state index in [1.54, 1.807) is 37.3 Å². The highest BCUT2D eigenvalue weighted by Gasteiger charge is 2.19. The van der Waals surface area contributed by atoms with Gasteiger partial charge in [0.25, 0.3) is 5.91 Å². The molecule has 0 atom stereocenters. The van der Waals surface area contributed by atoms with Crippen molar-refractivity contribution in [3.8, 4) is 23.0 Å². The lowest BCUT2D eigenvalue weighted by atomic mass is 10.1. The smallest absolute Gasteiger partial charge is 0.311 e. The first-order valence-corrected chi connectivity index (χ1v) is 10.3. The summed E-state index contributed by atoms with van der Waals surface area (Å²) in [5.41, 5.74) is 1.98. The number of nitro benzene ring substituents is 1. The third kappa shape index (κ3) is 4.26. The van der Waals surface area contributed by atoms with Crippen molar-refractivity contribution in [3.63, 3.8) is 0 Å². The molecular weight excluding hydrogens is 482 g/mol.